The van der Waals surface area contributed by atoms with Gasteiger partial charge in [-0.2, -0.15) is 0 Å². The van der Waals surface area contributed by atoms with Gasteiger partial charge in [0, 0.05) is 6.04 Å². The summed E-state index contributed by atoms with van der Waals surface area (Å²) in [6, 6.07) is -0.0232. The highest BCUT2D eigenvalue weighted by Crippen LogP contribution is 2.39. The van der Waals surface area contributed by atoms with E-state index in [0.717, 1.165) is 38.0 Å². The van der Waals surface area contributed by atoms with Crippen LogP contribution in [0.3, 0.4) is 0 Å². The molecule has 0 aliphatic heterocycles. The van der Waals surface area contributed by atoms with E-state index < -0.39 is 5.41 Å². The van der Waals surface area contributed by atoms with Crippen molar-refractivity contribution in [2.45, 2.75) is 71.4 Å². The third-order valence-electron chi connectivity index (χ3n) is 5.32. The van der Waals surface area contributed by atoms with Crippen LogP contribution in [-0.2, 0) is 9.53 Å². The van der Waals surface area contributed by atoms with Crippen molar-refractivity contribution in [3.05, 3.63) is 0 Å². The molecule has 0 amide bonds. The third-order valence-corrected chi connectivity index (χ3v) is 5.32. The molecule has 0 heterocycles. The van der Waals surface area contributed by atoms with Gasteiger partial charge in [0.2, 0.25) is 0 Å². The lowest BCUT2D eigenvalue weighted by atomic mass is 9.80. The Morgan fingerprint density at radius 1 is 1.22 bits per heavy atom. The second kappa shape index (κ2) is 5.20. The van der Waals surface area contributed by atoms with Crippen molar-refractivity contribution in [2.24, 2.45) is 23.0 Å². The van der Waals surface area contributed by atoms with E-state index in [9.17, 15) is 4.79 Å². The standard InChI is InChI=1S/C15H27NO2/c1-10-6-7-12(9-11(10)2)18-14(17)15(3)8-4-5-13(15)16/h10-13H,4-9,16H2,1-3H3. The number of esters is 1. The Morgan fingerprint density at radius 3 is 2.50 bits per heavy atom. The molecule has 0 radical (unpaired) electrons. The van der Waals surface area contributed by atoms with Crippen molar-refractivity contribution < 1.29 is 9.53 Å². The average Bonchev–Trinajstić information content (AvgIpc) is 2.66. The molecule has 2 aliphatic carbocycles. The summed E-state index contributed by atoms with van der Waals surface area (Å²) in [6.07, 6.45) is 6.19. The Morgan fingerprint density at radius 2 is 1.94 bits per heavy atom. The van der Waals surface area contributed by atoms with Gasteiger partial charge >= 0.3 is 5.97 Å². The summed E-state index contributed by atoms with van der Waals surface area (Å²) in [6.45, 7) is 6.52. The van der Waals surface area contributed by atoms with Crippen LogP contribution < -0.4 is 5.73 Å². The molecule has 2 fully saturated rings. The Labute approximate surface area is 110 Å². The molecule has 0 aromatic rings. The molecule has 2 saturated carbocycles. The first-order chi connectivity index (χ1) is 8.43. The van der Waals surface area contributed by atoms with Gasteiger partial charge in [-0.3, -0.25) is 4.79 Å². The fourth-order valence-corrected chi connectivity index (χ4v) is 3.34. The van der Waals surface area contributed by atoms with E-state index >= 15 is 0 Å². The molecule has 2 rings (SSSR count). The zero-order valence-corrected chi connectivity index (χ0v) is 11.9. The summed E-state index contributed by atoms with van der Waals surface area (Å²) in [5.41, 5.74) is 5.63. The predicted octanol–water partition coefficient (Wildman–Crippen LogP) is 2.87. The highest BCUT2D eigenvalue weighted by Gasteiger charge is 2.45. The van der Waals surface area contributed by atoms with E-state index in [2.05, 4.69) is 13.8 Å². The lowest BCUT2D eigenvalue weighted by Gasteiger charge is -2.34. The Kier molecular flexibility index (Phi) is 4.00. The summed E-state index contributed by atoms with van der Waals surface area (Å²) < 4.78 is 5.75. The van der Waals surface area contributed by atoms with Crippen molar-refractivity contribution in [1.29, 1.82) is 0 Å². The highest BCUT2D eigenvalue weighted by molar-refractivity contribution is 5.78. The Balaban J connectivity index is 1.92. The molecule has 18 heavy (non-hydrogen) atoms. The van der Waals surface area contributed by atoms with Crippen LogP contribution >= 0.6 is 0 Å². The Bertz CT molecular complexity index is 318. The van der Waals surface area contributed by atoms with Gasteiger partial charge in [-0.15, -0.1) is 0 Å². The lowest BCUT2D eigenvalue weighted by Crippen LogP contribution is -2.44. The van der Waals surface area contributed by atoms with Crippen LogP contribution in [0.25, 0.3) is 0 Å². The van der Waals surface area contributed by atoms with E-state index in [0.29, 0.717) is 5.92 Å². The molecule has 5 unspecified atom stereocenters. The number of hydrogen-bond acceptors (Lipinski definition) is 3. The fourth-order valence-electron chi connectivity index (χ4n) is 3.34. The van der Waals surface area contributed by atoms with Crippen molar-refractivity contribution in [3.63, 3.8) is 0 Å². The van der Waals surface area contributed by atoms with Crippen molar-refractivity contribution in [1.82, 2.24) is 0 Å². The first kappa shape index (κ1) is 13.9. The smallest absolute Gasteiger partial charge is 0.313 e. The largest absolute Gasteiger partial charge is 0.462 e. The molecule has 104 valence electrons. The molecule has 0 spiro atoms. The molecule has 0 bridgehead atoms. The van der Waals surface area contributed by atoms with Gasteiger partial charge in [0.15, 0.2) is 0 Å². The second-order valence-corrected chi connectivity index (χ2v) is 6.71. The van der Waals surface area contributed by atoms with Crippen LogP contribution in [0.2, 0.25) is 0 Å². The van der Waals surface area contributed by atoms with Crippen molar-refractivity contribution in [2.75, 3.05) is 0 Å². The number of rotatable bonds is 2. The van der Waals surface area contributed by atoms with Crippen LogP contribution in [-0.4, -0.2) is 18.1 Å². The number of hydrogen-bond donors (Lipinski definition) is 1. The summed E-state index contributed by atoms with van der Waals surface area (Å²) in [7, 11) is 0. The third kappa shape index (κ3) is 2.56. The van der Waals surface area contributed by atoms with Gasteiger partial charge < -0.3 is 10.5 Å². The minimum absolute atomic E-state index is 0.0232. The molecule has 0 saturated heterocycles. The number of nitrogens with two attached hydrogens (primary N) is 1. The zero-order chi connectivity index (χ0) is 13.3. The minimum Gasteiger partial charge on any atom is -0.462 e. The van der Waals surface area contributed by atoms with Crippen LogP contribution in [0, 0.1) is 17.3 Å². The van der Waals surface area contributed by atoms with Gasteiger partial charge in [0.25, 0.3) is 0 Å². The highest BCUT2D eigenvalue weighted by atomic mass is 16.5. The van der Waals surface area contributed by atoms with Crippen LogP contribution in [0.4, 0.5) is 0 Å². The molecule has 3 heteroatoms. The molecule has 3 nitrogen and oxygen atoms in total. The van der Waals surface area contributed by atoms with Crippen LogP contribution in [0.1, 0.15) is 59.3 Å². The maximum absolute atomic E-state index is 12.3. The average molecular weight is 253 g/mol. The minimum atomic E-state index is -0.438. The van der Waals surface area contributed by atoms with Crippen LogP contribution in [0.5, 0.6) is 0 Å². The van der Waals surface area contributed by atoms with E-state index in [1.807, 2.05) is 6.92 Å². The monoisotopic (exact) mass is 253 g/mol. The maximum Gasteiger partial charge on any atom is 0.313 e. The quantitative estimate of drug-likeness (QED) is 0.770. The molecule has 5 atom stereocenters. The van der Waals surface area contributed by atoms with Crippen molar-refractivity contribution in [3.8, 4) is 0 Å². The Hall–Kier alpha value is -0.570. The zero-order valence-electron chi connectivity index (χ0n) is 11.9. The van der Waals surface area contributed by atoms with E-state index in [4.69, 9.17) is 10.5 Å². The SMILES string of the molecule is CC1CCC(OC(=O)C2(C)CCCC2N)CC1C. The molecule has 0 aromatic carbocycles. The summed E-state index contributed by atoms with van der Waals surface area (Å²) in [5, 5.41) is 0. The van der Waals surface area contributed by atoms with Gasteiger partial charge in [0.05, 0.1) is 5.41 Å². The van der Waals surface area contributed by atoms with Gasteiger partial charge in [0.1, 0.15) is 6.10 Å². The molecule has 2 N–H and O–H groups in total. The second-order valence-electron chi connectivity index (χ2n) is 6.71. The van der Waals surface area contributed by atoms with E-state index in [1.54, 1.807) is 0 Å². The molecular formula is C15H27NO2. The van der Waals surface area contributed by atoms with Gasteiger partial charge in [-0.1, -0.05) is 20.3 Å². The summed E-state index contributed by atoms with van der Waals surface area (Å²) in [5.74, 6) is 1.35. The molecular weight excluding hydrogens is 226 g/mol. The number of carbonyl (C=O) groups is 1. The molecule has 2 aliphatic rings. The normalized spacial score (nSPS) is 44.9. The first-order valence-electron chi connectivity index (χ1n) is 7.40. The summed E-state index contributed by atoms with van der Waals surface area (Å²) in [4.78, 5) is 12.3. The number of ether oxygens (including phenoxy) is 1. The maximum atomic E-state index is 12.3. The van der Waals surface area contributed by atoms with Crippen LogP contribution in [0.15, 0.2) is 0 Å². The van der Waals surface area contributed by atoms with Gasteiger partial charge in [-0.05, 0) is 50.9 Å². The number of carbonyl (C=O) groups excluding carboxylic acids is 1. The van der Waals surface area contributed by atoms with Gasteiger partial charge in [-0.25, -0.2) is 0 Å². The van der Waals surface area contributed by atoms with Crippen molar-refractivity contribution >= 4 is 5.97 Å². The lowest BCUT2D eigenvalue weighted by molar-refractivity contribution is -0.163. The molecule has 0 aromatic heterocycles. The van der Waals surface area contributed by atoms with E-state index in [-0.39, 0.29) is 18.1 Å². The fraction of sp³-hybridized carbons (Fsp3) is 0.933. The van der Waals surface area contributed by atoms with E-state index in [1.165, 1.54) is 6.42 Å². The predicted molar refractivity (Wildman–Crippen MR) is 72.0 cm³/mol. The first-order valence-corrected chi connectivity index (χ1v) is 7.40. The topological polar surface area (TPSA) is 52.3 Å². The summed E-state index contributed by atoms with van der Waals surface area (Å²) >= 11 is 0.